The first-order chi connectivity index (χ1) is 9.45. The van der Waals surface area contributed by atoms with Crippen LogP contribution in [0.1, 0.15) is 5.56 Å². The van der Waals surface area contributed by atoms with Crippen molar-refractivity contribution in [2.75, 3.05) is 0 Å². The summed E-state index contributed by atoms with van der Waals surface area (Å²) >= 11 is 0. The SMILES string of the molecule is OC(O)Cc1ccc(Oc2cc(F)c(F)c(F)c2)cc1. The Hall–Kier alpha value is -2.05. The molecule has 3 nitrogen and oxygen atoms in total. The van der Waals surface area contributed by atoms with Gasteiger partial charge < -0.3 is 14.9 Å². The summed E-state index contributed by atoms with van der Waals surface area (Å²) < 4.78 is 44.0. The van der Waals surface area contributed by atoms with Crippen molar-refractivity contribution in [3.8, 4) is 11.5 Å². The van der Waals surface area contributed by atoms with Crippen LogP contribution in [0.5, 0.6) is 11.5 Å². The summed E-state index contributed by atoms with van der Waals surface area (Å²) in [5, 5.41) is 17.6. The Bertz CT molecular complexity index is 574. The quantitative estimate of drug-likeness (QED) is 0.670. The molecule has 0 heterocycles. The molecule has 20 heavy (non-hydrogen) atoms. The van der Waals surface area contributed by atoms with E-state index in [-0.39, 0.29) is 17.9 Å². The van der Waals surface area contributed by atoms with Gasteiger partial charge in [-0.2, -0.15) is 0 Å². The van der Waals surface area contributed by atoms with Crippen LogP contribution in [0.2, 0.25) is 0 Å². The zero-order chi connectivity index (χ0) is 14.7. The monoisotopic (exact) mass is 284 g/mol. The van der Waals surface area contributed by atoms with Crippen LogP contribution in [0.4, 0.5) is 13.2 Å². The minimum Gasteiger partial charge on any atom is -0.457 e. The maximum atomic E-state index is 13.0. The fourth-order valence-corrected chi connectivity index (χ4v) is 1.63. The number of hydrogen-bond acceptors (Lipinski definition) is 3. The molecule has 0 fully saturated rings. The van der Waals surface area contributed by atoms with Crippen LogP contribution < -0.4 is 4.74 Å². The second-order valence-electron chi connectivity index (χ2n) is 4.13. The van der Waals surface area contributed by atoms with Crippen molar-refractivity contribution in [1.29, 1.82) is 0 Å². The molecule has 2 rings (SSSR count). The van der Waals surface area contributed by atoms with Gasteiger partial charge >= 0.3 is 0 Å². The Labute approximate surface area is 112 Å². The third-order valence-electron chi connectivity index (χ3n) is 2.53. The summed E-state index contributed by atoms with van der Waals surface area (Å²) in [6, 6.07) is 7.62. The van der Waals surface area contributed by atoms with Crippen LogP contribution in [0, 0.1) is 17.5 Å². The van der Waals surface area contributed by atoms with Crippen molar-refractivity contribution in [2.45, 2.75) is 12.7 Å². The predicted molar refractivity (Wildman–Crippen MR) is 64.8 cm³/mol. The molecule has 6 heteroatoms. The summed E-state index contributed by atoms with van der Waals surface area (Å²) in [5.74, 6) is -4.10. The number of aliphatic hydroxyl groups excluding tert-OH is 1. The van der Waals surface area contributed by atoms with E-state index in [1.165, 1.54) is 12.1 Å². The third kappa shape index (κ3) is 3.49. The van der Waals surface area contributed by atoms with E-state index in [0.717, 1.165) is 12.1 Å². The van der Waals surface area contributed by atoms with Gasteiger partial charge in [0.15, 0.2) is 23.7 Å². The van der Waals surface area contributed by atoms with E-state index in [4.69, 9.17) is 14.9 Å². The first-order valence-electron chi connectivity index (χ1n) is 5.73. The lowest BCUT2D eigenvalue weighted by Gasteiger charge is -2.08. The average Bonchev–Trinajstić information content (AvgIpc) is 2.37. The maximum Gasteiger partial charge on any atom is 0.194 e. The van der Waals surface area contributed by atoms with Crippen molar-refractivity contribution in [3.05, 3.63) is 59.4 Å². The molecule has 0 saturated heterocycles. The van der Waals surface area contributed by atoms with Crippen molar-refractivity contribution in [2.24, 2.45) is 0 Å². The van der Waals surface area contributed by atoms with Gasteiger partial charge in [-0.05, 0) is 17.7 Å². The average molecular weight is 284 g/mol. The lowest BCUT2D eigenvalue weighted by Crippen LogP contribution is -2.07. The van der Waals surface area contributed by atoms with E-state index in [9.17, 15) is 13.2 Å². The zero-order valence-electron chi connectivity index (χ0n) is 10.2. The van der Waals surface area contributed by atoms with Gasteiger partial charge in [0.05, 0.1) is 0 Å². The molecule has 2 N–H and O–H groups in total. The van der Waals surface area contributed by atoms with Crippen molar-refractivity contribution < 1.29 is 28.1 Å². The minimum absolute atomic E-state index is 0.0556. The Kier molecular flexibility index (Phi) is 4.26. The molecule has 0 spiro atoms. The molecule has 0 aromatic heterocycles. The summed E-state index contributed by atoms with van der Waals surface area (Å²) in [4.78, 5) is 0. The third-order valence-corrected chi connectivity index (χ3v) is 2.53. The molecule has 0 unspecified atom stereocenters. The van der Waals surface area contributed by atoms with Gasteiger partial charge in [-0.3, -0.25) is 0 Å². The van der Waals surface area contributed by atoms with Crippen molar-refractivity contribution >= 4 is 0 Å². The summed E-state index contributed by atoms with van der Waals surface area (Å²) in [6.07, 6.45) is -1.40. The van der Waals surface area contributed by atoms with E-state index in [1.807, 2.05) is 0 Å². The number of aliphatic hydroxyl groups is 2. The summed E-state index contributed by atoms with van der Waals surface area (Å²) in [7, 11) is 0. The van der Waals surface area contributed by atoms with E-state index < -0.39 is 23.7 Å². The molecule has 0 aliphatic rings. The molecule has 0 bridgehead atoms. The van der Waals surface area contributed by atoms with Gasteiger partial charge in [-0.1, -0.05) is 12.1 Å². The van der Waals surface area contributed by atoms with Gasteiger partial charge in [0.1, 0.15) is 11.5 Å². The Morgan fingerprint density at radius 2 is 1.45 bits per heavy atom. The number of halogens is 3. The molecule has 0 aliphatic heterocycles. The van der Waals surface area contributed by atoms with Crippen LogP contribution in [0.25, 0.3) is 0 Å². The molecule has 0 aliphatic carbocycles. The molecule has 2 aromatic rings. The maximum absolute atomic E-state index is 13.0. The largest absolute Gasteiger partial charge is 0.457 e. The molecule has 106 valence electrons. The van der Waals surface area contributed by atoms with Gasteiger partial charge in [-0.15, -0.1) is 0 Å². The second-order valence-corrected chi connectivity index (χ2v) is 4.13. The highest BCUT2D eigenvalue weighted by Crippen LogP contribution is 2.25. The van der Waals surface area contributed by atoms with Crippen LogP contribution in [-0.2, 0) is 6.42 Å². The number of hydrogen-bond donors (Lipinski definition) is 2. The minimum atomic E-state index is -1.55. The fraction of sp³-hybridized carbons (Fsp3) is 0.143. The molecule has 0 amide bonds. The standard InChI is InChI=1S/C14H11F3O3/c15-11-6-10(7-12(16)14(11)17)20-9-3-1-8(2-4-9)5-13(18)19/h1-4,6-7,13,18-19H,5H2. The topological polar surface area (TPSA) is 49.7 Å². The van der Waals surface area contributed by atoms with E-state index in [2.05, 4.69) is 0 Å². The molecule has 0 radical (unpaired) electrons. The highest BCUT2D eigenvalue weighted by atomic mass is 19.2. The molecule has 0 atom stereocenters. The number of benzene rings is 2. The van der Waals surface area contributed by atoms with Gasteiger partial charge in [-0.25, -0.2) is 13.2 Å². The predicted octanol–water partition coefficient (Wildman–Crippen LogP) is 2.75. The Balaban J connectivity index is 2.14. The number of ether oxygens (including phenoxy) is 1. The first kappa shape index (κ1) is 14.4. The molecular formula is C14H11F3O3. The zero-order valence-corrected chi connectivity index (χ0v) is 10.2. The van der Waals surface area contributed by atoms with Crippen molar-refractivity contribution in [3.63, 3.8) is 0 Å². The summed E-state index contributed by atoms with van der Waals surface area (Å²) in [5.41, 5.74) is 0.656. The Morgan fingerprint density at radius 1 is 0.900 bits per heavy atom. The van der Waals surface area contributed by atoms with E-state index in [1.54, 1.807) is 12.1 Å². The lowest BCUT2D eigenvalue weighted by atomic mass is 10.1. The first-order valence-corrected chi connectivity index (χ1v) is 5.73. The van der Waals surface area contributed by atoms with Crippen LogP contribution >= 0.6 is 0 Å². The van der Waals surface area contributed by atoms with Gasteiger partial charge in [0.25, 0.3) is 0 Å². The highest BCUT2D eigenvalue weighted by Gasteiger charge is 2.11. The smallest absolute Gasteiger partial charge is 0.194 e. The normalized spacial score (nSPS) is 10.9. The van der Waals surface area contributed by atoms with Crippen molar-refractivity contribution in [1.82, 2.24) is 0 Å². The van der Waals surface area contributed by atoms with Crippen LogP contribution in [0.15, 0.2) is 36.4 Å². The summed E-state index contributed by atoms with van der Waals surface area (Å²) in [6.45, 7) is 0. The highest BCUT2D eigenvalue weighted by molar-refractivity contribution is 5.34. The second kappa shape index (κ2) is 5.94. The van der Waals surface area contributed by atoms with Gasteiger partial charge in [0.2, 0.25) is 0 Å². The number of rotatable bonds is 4. The Morgan fingerprint density at radius 3 is 1.95 bits per heavy atom. The molecule has 2 aromatic carbocycles. The molecular weight excluding hydrogens is 273 g/mol. The van der Waals surface area contributed by atoms with E-state index in [0.29, 0.717) is 5.56 Å². The van der Waals surface area contributed by atoms with Crippen LogP contribution in [0.3, 0.4) is 0 Å². The lowest BCUT2D eigenvalue weighted by molar-refractivity contribution is -0.0381. The van der Waals surface area contributed by atoms with Crippen LogP contribution in [-0.4, -0.2) is 16.5 Å². The molecule has 0 saturated carbocycles. The van der Waals surface area contributed by atoms with Gasteiger partial charge in [0, 0.05) is 18.6 Å². The fourth-order valence-electron chi connectivity index (χ4n) is 1.63. The van der Waals surface area contributed by atoms with E-state index >= 15 is 0 Å².